The van der Waals surface area contributed by atoms with Gasteiger partial charge in [-0.1, -0.05) is 13.8 Å². The average molecular weight is 279 g/mol. The monoisotopic (exact) mass is 279 g/mol. The van der Waals surface area contributed by atoms with Gasteiger partial charge in [-0.25, -0.2) is 0 Å². The lowest BCUT2D eigenvalue weighted by Crippen LogP contribution is -2.64. The highest BCUT2D eigenvalue weighted by Gasteiger charge is 2.61. The summed E-state index contributed by atoms with van der Waals surface area (Å²) in [5.41, 5.74) is -0.788. The molecule has 4 aliphatic carbocycles. The van der Waals surface area contributed by atoms with Crippen LogP contribution in [0.25, 0.3) is 0 Å². The largest absolute Gasteiger partial charge is 0.481 e. The summed E-state index contributed by atoms with van der Waals surface area (Å²) in [6.07, 6.45) is 5.96. The van der Waals surface area contributed by atoms with Crippen LogP contribution in [-0.4, -0.2) is 22.5 Å². The molecule has 0 aromatic heterocycles. The molecule has 2 unspecified atom stereocenters. The van der Waals surface area contributed by atoms with E-state index in [2.05, 4.69) is 5.32 Å². The molecule has 20 heavy (non-hydrogen) atoms. The van der Waals surface area contributed by atoms with Gasteiger partial charge in [-0.15, -0.1) is 0 Å². The van der Waals surface area contributed by atoms with E-state index in [9.17, 15) is 14.7 Å². The third kappa shape index (κ3) is 2.23. The fourth-order valence-corrected chi connectivity index (χ4v) is 5.38. The Balaban J connectivity index is 1.80. The molecule has 2 atom stereocenters. The number of aliphatic carboxylic acids is 1. The van der Waals surface area contributed by atoms with Crippen molar-refractivity contribution in [3.63, 3.8) is 0 Å². The molecular weight excluding hydrogens is 254 g/mol. The lowest BCUT2D eigenvalue weighted by Gasteiger charge is -2.60. The second kappa shape index (κ2) is 4.47. The molecule has 112 valence electrons. The van der Waals surface area contributed by atoms with Gasteiger partial charge >= 0.3 is 5.97 Å². The number of nitrogens with one attached hydrogen (secondary N) is 1. The lowest BCUT2D eigenvalue weighted by molar-refractivity contribution is -0.169. The number of hydrogen-bond acceptors (Lipinski definition) is 2. The van der Waals surface area contributed by atoms with Gasteiger partial charge in [-0.3, -0.25) is 9.59 Å². The van der Waals surface area contributed by atoms with E-state index in [1.807, 2.05) is 13.8 Å². The highest BCUT2D eigenvalue weighted by atomic mass is 16.4. The van der Waals surface area contributed by atoms with Crippen molar-refractivity contribution in [1.82, 2.24) is 5.32 Å². The summed E-state index contributed by atoms with van der Waals surface area (Å²) in [5, 5.41) is 12.9. The van der Waals surface area contributed by atoms with Crippen LogP contribution >= 0.6 is 0 Å². The highest BCUT2D eigenvalue weighted by Crippen LogP contribution is 2.61. The molecule has 4 aliphatic rings. The SMILES string of the molecule is CC(C)CC(=O)NC12CC3CC(C1)CC(C(=O)O)(C3)C2. The Hall–Kier alpha value is -1.06. The minimum absolute atomic E-state index is 0.0995. The van der Waals surface area contributed by atoms with Gasteiger partial charge < -0.3 is 10.4 Å². The highest BCUT2D eigenvalue weighted by molar-refractivity contribution is 5.79. The number of hydrogen-bond donors (Lipinski definition) is 2. The van der Waals surface area contributed by atoms with Gasteiger partial charge in [0.15, 0.2) is 0 Å². The standard InChI is InChI=1S/C16H25NO3/c1-10(2)3-13(18)17-16-7-11-4-12(8-16)6-15(5-11,9-16)14(19)20/h10-12H,3-9H2,1-2H3,(H,17,18)(H,19,20). The number of rotatable bonds is 4. The predicted molar refractivity (Wildman–Crippen MR) is 75.1 cm³/mol. The average Bonchev–Trinajstić information content (AvgIpc) is 2.23. The molecule has 4 heteroatoms. The molecule has 4 saturated carbocycles. The molecule has 4 bridgehead atoms. The van der Waals surface area contributed by atoms with Gasteiger partial charge in [-0.05, 0) is 56.3 Å². The topological polar surface area (TPSA) is 66.4 Å². The number of carboxylic acids is 1. The van der Waals surface area contributed by atoms with Gasteiger partial charge in [0.2, 0.25) is 5.91 Å². The molecule has 0 heterocycles. The van der Waals surface area contributed by atoms with Crippen molar-refractivity contribution in [3.05, 3.63) is 0 Å². The molecule has 0 aromatic rings. The minimum atomic E-state index is -0.644. The third-order valence-electron chi connectivity index (χ3n) is 5.51. The summed E-state index contributed by atoms with van der Waals surface area (Å²) in [6.45, 7) is 4.08. The second-order valence-corrected chi connectivity index (χ2v) is 7.97. The maximum Gasteiger partial charge on any atom is 0.309 e. The fraction of sp³-hybridized carbons (Fsp3) is 0.875. The lowest BCUT2D eigenvalue weighted by atomic mass is 9.47. The first-order valence-corrected chi connectivity index (χ1v) is 7.87. The molecule has 4 fully saturated rings. The van der Waals surface area contributed by atoms with E-state index in [0.717, 1.165) is 32.1 Å². The van der Waals surface area contributed by atoms with Gasteiger partial charge in [0, 0.05) is 12.0 Å². The maximum absolute atomic E-state index is 12.2. The van der Waals surface area contributed by atoms with Crippen LogP contribution in [0, 0.1) is 23.2 Å². The first-order valence-electron chi connectivity index (χ1n) is 7.87. The van der Waals surface area contributed by atoms with Crippen molar-refractivity contribution in [3.8, 4) is 0 Å². The molecule has 0 aliphatic heterocycles. The predicted octanol–water partition coefficient (Wildman–Crippen LogP) is 2.57. The normalized spacial score (nSPS) is 42.0. The summed E-state index contributed by atoms with van der Waals surface area (Å²) in [6, 6.07) is 0. The molecule has 4 rings (SSSR count). The number of carbonyl (C=O) groups is 2. The summed E-state index contributed by atoms with van der Waals surface area (Å²) in [4.78, 5) is 23.9. The third-order valence-corrected chi connectivity index (χ3v) is 5.51. The van der Waals surface area contributed by atoms with E-state index < -0.39 is 11.4 Å². The summed E-state index contributed by atoms with van der Waals surface area (Å²) in [5.74, 6) is 0.785. The molecule has 4 nitrogen and oxygen atoms in total. The van der Waals surface area contributed by atoms with E-state index in [0.29, 0.717) is 30.6 Å². The molecule has 0 spiro atoms. The molecule has 1 amide bonds. The van der Waals surface area contributed by atoms with E-state index in [-0.39, 0.29) is 11.4 Å². The Morgan fingerprint density at radius 3 is 2.30 bits per heavy atom. The van der Waals surface area contributed by atoms with Crippen LogP contribution < -0.4 is 5.32 Å². The maximum atomic E-state index is 12.2. The van der Waals surface area contributed by atoms with Crippen molar-refractivity contribution < 1.29 is 14.7 Å². The fourth-order valence-electron chi connectivity index (χ4n) is 5.38. The van der Waals surface area contributed by atoms with Crippen molar-refractivity contribution in [2.45, 2.75) is 64.3 Å². The smallest absolute Gasteiger partial charge is 0.309 e. The number of amides is 1. The quantitative estimate of drug-likeness (QED) is 0.831. The zero-order valence-electron chi connectivity index (χ0n) is 12.4. The summed E-state index contributed by atoms with van der Waals surface area (Å²) >= 11 is 0. The Morgan fingerprint density at radius 2 is 1.80 bits per heavy atom. The van der Waals surface area contributed by atoms with Crippen LogP contribution in [0.15, 0.2) is 0 Å². The van der Waals surface area contributed by atoms with Crippen molar-refractivity contribution >= 4 is 11.9 Å². The number of carbonyl (C=O) groups excluding carboxylic acids is 1. The van der Waals surface area contributed by atoms with E-state index in [1.54, 1.807) is 0 Å². The molecule has 0 radical (unpaired) electrons. The zero-order valence-corrected chi connectivity index (χ0v) is 12.4. The Kier molecular flexibility index (Phi) is 3.11. The Bertz CT molecular complexity index is 429. The second-order valence-electron chi connectivity index (χ2n) is 7.97. The molecular formula is C16H25NO3. The molecule has 0 saturated heterocycles. The summed E-state index contributed by atoms with van der Waals surface area (Å²) < 4.78 is 0. The zero-order chi connectivity index (χ0) is 14.5. The Morgan fingerprint density at radius 1 is 1.20 bits per heavy atom. The first kappa shape index (κ1) is 13.9. The van der Waals surface area contributed by atoms with Crippen molar-refractivity contribution in [2.24, 2.45) is 23.2 Å². The van der Waals surface area contributed by atoms with E-state index >= 15 is 0 Å². The van der Waals surface area contributed by atoms with Crippen LogP contribution in [0.3, 0.4) is 0 Å². The minimum Gasteiger partial charge on any atom is -0.481 e. The van der Waals surface area contributed by atoms with Crippen LogP contribution in [0.4, 0.5) is 0 Å². The molecule has 0 aromatic carbocycles. The van der Waals surface area contributed by atoms with Crippen molar-refractivity contribution in [1.29, 1.82) is 0 Å². The number of carboxylic acid groups (broad SMARTS) is 1. The van der Waals surface area contributed by atoms with Crippen LogP contribution in [0.5, 0.6) is 0 Å². The van der Waals surface area contributed by atoms with Crippen molar-refractivity contribution in [2.75, 3.05) is 0 Å². The van der Waals surface area contributed by atoms with Gasteiger partial charge in [0.25, 0.3) is 0 Å². The van der Waals surface area contributed by atoms with Crippen LogP contribution in [0.1, 0.15) is 58.8 Å². The van der Waals surface area contributed by atoms with Gasteiger partial charge in [0.05, 0.1) is 5.41 Å². The van der Waals surface area contributed by atoms with Crippen LogP contribution in [0.2, 0.25) is 0 Å². The summed E-state index contributed by atoms with van der Waals surface area (Å²) in [7, 11) is 0. The van der Waals surface area contributed by atoms with Gasteiger partial charge in [-0.2, -0.15) is 0 Å². The van der Waals surface area contributed by atoms with E-state index in [1.165, 1.54) is 0 Å². The van der Waals surface area contributed by atoms with Crippen LogP contribution in [-0.2, 0) is 9.59 Å². The van der Waals surface area contributed by atoms with Gasteiger partial charge in [0.1, 0.15) is 0 Å². The first-order chi connectivity index (χ1) is 9.32. The van der Waals surface area contributed by atoms with E-state index in [4.69, 9.17) is 0 Å². The Labute approximate surface area is 120 Å². The molecule has 2 N–H and O–H groups in total.